The molecule has 0 saturated carbocycles. The maximum Gasteiger partial charge on any atom is 0.169 e. The third kappa shape index (κ3) is 2.37. The Kier molecular flexibility index (Phi) is 4.04. The van der Waals surface area contributed by atoms with Gasteiger partial charge in [-0.2, -0.15) is 0 Å². The van der Waals surface area contributed by atoms with E-state index in [0.717, 1.165) is 29.8 Å². The van der Waals surface area contributed by atoms with Crippen LogP contribution in [0.5, 0.6) is 0 Å². The highest BCUT2D eigenvalue weighted by molar-refractivity contribution is 6.30. The first-order valence-electron chi connectivity index (χ1n) is 7.29. The fourth-order valence-corrected chi connectivity index (χ4v) is 3.58. The van der Waals surface area contributed by atoms with E-state index in [2.05, 4.69) is 6.92 Å². The van der Waals surface area contributed by atoms with Crippen LogP contribution in [0, 0.1) is 5.92 Å². The molecule has 1 N–H and O–H groups in total. The quantitative estimate of drug-likeness (QED) is 0.912. The summed E-state index contributed by atoms with van der Waals surface area (Å²) < 4.78 is 11.8. The van der Waals surface area contributed by atoms with Crippen molar-refractivity contribution < 1.29 is 14.6 Å². The second kappa shape index (κ2) is 5.64. The van der Waals surface area contributed by atoms with Gasteiger partial charge in [-0.15, -0.1) is 0 Å². The molecule has 1 heterocycles. The number of rotatable bonds is 2. The average Bonchev–Trinajstić information content (AvgIpc) is 2.47. The van der Waals surface area contributed by atoms with E-state index in [0.29, 0.717) is 19.1 Å². The normalized spacial score (nSPS) is 33.8. The molecule has 1 aromatic rings. The van der Waals surface area contributed by atoms with Crippen molar-refractivity contribution >= 4 is 11.6 Å². The van der Waals surface area contributed by atoms with Gasteiger partial charge in [0.1, 0.15) is 0 Å². The zero-order chi connectivity index (χ0) is 14.2. The lowest BCUT2D eigenvalue weighted by Gasteiger charge is -2.45. The van der Waals surface area contributed by atoms with E-state index in [-0.39, 0.29) is 12.9 Å². The second-order valence-electron chi connectivity index (χ2n) is 6.07. The minimum absolute atomic E-state index is 0.0423. The van der Waals surface area contributed by atoms with Gasteiger partial charge in [0, 0.05) is 10.9 Å². The smallest absolute Gasteiger partial charge is 0.169 e. The Balaban J connectivity index is 1.97. The van der Waals surface area contributed by atoms with Crippen LogP contribution < -0.4 is 0 Å². The van der Waals surface area contributed by atoms with Gasteiger partial charge in [-0.3, -0.25) is 0 Å². The molecule has 1 fully saturated rings. The van der Waals surface area contributed by atoms with Gasteiger partial charge in [0.15, 0.2) is 6.29 Å². The first-order chi connectivity index (χ1) is 9.65. The number of benzene rings is 1. The zero-order valence-electron chi connectivity index (χ0n) is 11.8. The summed E-state index contributed by atoms with van der Waals surface area (Å²) in [7, 11) is 0. The van der Waals surface area contributed by atoms with Gasteiger partial charge < -0.3 is 14.6 Å². The van der Waals surface area contributed by atoms with E-state index in [1.807, 2.05) is 18.2 Å². The molecular weight excluding hydrogens is 276 g/mol. The first-order valence-corrected chi connectivity index (χ1v) is 7.66. The molecule has 2 aliphatic rings. The van der Waals surface area contributed by atoms with Crippen LogP contribution in [0.3, 0.4) is 0 Å². The number of hydrogen-bond donors (Lipinski definition) is 1. The maximum atomic E-state index is 10.1. The minimum atomic E-state index is -0.446. The Morgan fingerprint density at radius 2 is 2.10 bits per heavy atom. The molecule has 3 nitrogen and oxygen atoms in total. The van der Waals surface area contributed by atoms with Crippen molar-refractivity contribution in [3.8, 4) is 0 Å². The number of halogens is 1. The van der Waals surface area contributed by atoms with Gasteiger partial charge in [-0.05, 0) is 42.5 Å². The Bertz CT molecular complexity index is 483. The van der Waals surface area contributed by atoms with Crippen molar-refractivity contribution in [1.29, 1.82) is 0 Å². The van der Waals surface area contributed by atoms with Crippen molar-refractivity contribution in [2.24, 2.45) is 5.92 Å². The summed E-state index contributed by atoms with van der Waals surface area (Å²) in [6.45, 7) is 3.53. The van der Waals surface area contributed by atoms with Crippen molar-refractivity contribution in [2.45, 2.75) is 37.9 Å². The Hall–Kier alpha value is -0.610. The van der Waals surface area contributed by atoms with Gasteiger partial charge in [-0.25, -0.2) is 0 Å². The van der Waals surface area contributed by atoms with E-state index in [9.17, 15) is 5.11 Å². The molecule has 0 bridgehead atoms. The average molecular weight is 297 g/mol. The molecule has 3 rings (SSSR count). The predicted molar refractivity (Wildman–Crippen MR) is 78.0 cm³/mol. The van der Waals surface area contributed by atoms with Crippen molar-refractivity contribution in [3.05, 3.63) is 34.3 Å². The van der Waals surface area contributed by atoms with Gasteiger partial charge in [0.05, 0.1) is 25.2 Å². The van der Waals surface area contributed by atoms with E-state index in [4.69, 9.17) is 21.1 Å². The molecule has 1 aliphatic heterocycles. The lowest BCUT2D eigenvalue weighted by atomic mass is 9.69. The molecule has 1 saturated heterocycles. The molecule has 0 radical (unpaired) electrons. The molecule has 0 aromatic heterocycles. The summed E-state index contributed by atoms with van der Waals surface area (Å²) in [5.74, 6) is 0.412. The Labute approximate surface area is 124 Å². The molecule has 1 atom stereocenters. The highest BCUT2D eigenvalue weighted by Crippen LogP contribution is 2.43. The summed E-state index contributed by atoms with van der Waals surface area (Å²) in [6, 6.07) is 5.92. The van der Waals surface area contributed by atoms with Crippen molar-refractivity contribution in [1.82, 2.24) is 0 Å². The number of aliphatic hydroxyl groups excluding tert-OH is 1. The van der Waals surface area contributed by atoms with Crippen LogP contribution in [0.2, 0.25) is 5.02 Å². The summed E-state index contributed by atoms with van der Waals surface area (Å²) in [6.07, 6.45) is 2.55. The minimum Gasteiger partial charge on any atom is -0.395 e. The third-order valence-corrected chi connectivity index (χ3v) is 4.71. The first kappa shape index (κ1) is 14.3. The SMILES string of the molecule is CC1COC([C@]2(CO)CCCc3cc(Cl)ccc32)OC1. The number of fused-ring (bicyclic) bond motifs is 1. The van der Waals surface area contributed by atoms with Crippen LogP contribution in [0.15, 0.2) is 18.2 Å². The highest BCUT2D eigenvalue weighted by atomic mass is 35.5. The Morgan fingerprint density at radius 1 is 1.35 bits per heavy atom. The second-order valence-corrected chi connectivity index (χ2v) is 6.51. The van der Waals surface area contributed by atoms with Crippen LogP contribution in [0.25, 0.3) is 0 Å². The zero-order valence-corrected chi connectivity index (χ0v) is 12.5. The van der Waals surface area contributed by atoms with Gasteiger partial charge in [-0.1, -0.05) is 24.6 Å². The predicted octanol–water partition coefficient (Wildman–Crippen LogP) is 2.92. The summed E-state index contributed by atoms with van der Waals surface area (Å²) in [5, 5.41) is 10.8. The van der Waals surface area contributed by atoms with Crippen LogP contribution in [-0.4, -0.2) is 31.2 Å². The lowest BCUT2D eigenvalue weighted by Crippen LogP contribution is -2.51. The lowest BCUT2D eigenvalue weighted by molar-refractivity contribution is -0.239. The van der Waals surface area contributed by atoms with Crippen molar-refractivity contribution in [2.75, 3.05) is 19.8 Å². The molecule has 110 valence electrons. The number of aryl methyl sites for hydroxylation is 1. The van der Waals surface area contributed by atoms with E-state index < -0.39 is 5.41 Å². The molecular formula is C16H21ClO3. The molecule has 1 aromatic carbocycles. The monoisotopic (exact) mass is 296 g/mol. The van der Waals surface area contributed by atoms with Crippen LogP contribution in [-0.2, 0) is 21.3 Å². The van der Waals surface area contributed by atoms with Crippen molar-refractivity contribution in [3.63, 3.8) is 0 Å². The van der Waals surface area contributed by atoms with E-state index in [1.165, 1.54) is 5.56 Å². The standard InChI is InChI=1S/C16H21ClO3/c1-11-8-19-15(20-9-11)16(10-18)6-2-3-12-7-13(17)4-5-14(12)16/h4-5,7,11,15,18H,2-3,6,8-10H2,1H3/t11?,15?,16-/m0/s1. The van der Waals surface area contributed by atoms with Gasteiger partial charge in [0.25, 0.3) is 0 Å². The van der Waals surface area contributed by atoms with Gasteiger partial charge >= 0.3 is 0 Å². The van der Waals surface area contributed by atoms with Gasteiger partial charge in [0.2, 0.25) is 0 Å². The summed E-state index contributed by atoms with van der Waals surface area (Å²) in [4.78, 5) is 0. The third-order valence-electron chi connectivity index (χ3n) is 4.47. The van der Waals surface area contributed by atoms with Crippen LogP contribution >= 0.6 is 11.6 Å². The molecule has 20 heavy (non-hydrogen) atoms. The number of hydrogen-bond acceptors (Lipinski definition) is 3. The molecule has 0 amide bonds. The highest BCUT2D eigenvalue weighted by Gasteiger charge is 2.46. The van der Waals surface area contributed by atoms with Crippen LogP contribution in [0.1, 0.15) is 30.9 Å². The van der Waals surface area contributed by atoms with E-state index in [1.54, 1.807) is 0 Å². The summed E-state index contributed by atoms with van der Waals surface area (Å²) in [5.41, 5.74) is 1.90. The largest absolute Gasteiger partial charge is 0.395 e. The number of aliphatic hydroxyl groups is 1. The molecule has 0 unspecified atom stereocenters. The Morgan fingerprint density at radius 3 is 2.80 bits per heavy atom. The summed E-state index contributed by atoms with van der Waals surface area (Å²) >= 11 is 6.09. The molecule has 4 heteroatoms. The van der Waals surface area contributed by atoms with Crippen LogP contribution in [0.4, 0.5) is 0 Å². The molecule has 1 aliphatic carbocycles. The maximum absolute atomic E-state index is 10.1. The molecule has 0 spiro atoms. The number of ether oxygens (including phenoxy) is 2. The topological polar surface area (TPSA) is 38.7 Å². The fraction of sp³-hybridized carbons (Fsp3) is 0.625. The van der Waals surface area contributed by atoms with E-state index >= 15 is 0 Å². The fourth-order valence-electron chi connectivity index (χ4n) is 3.39.